The molecular formula is C30H39O2P. The summed E-state index contributed by atoms with van der Waals surface area (Å²) in [6.45, 7) is 20.0. The first-order chi connectivity index (χ1) is 15.2. The Morgan fingerprint density at radius 1 is 0.424 bits per heavy atom. The third-order valence-electron chi connectivity index (χ3n) is 5.76. The molecule has 3 rings (SSSR count). The highest BCUT2D eigenvalue weighted by Crippen LogP contribution is 2.41. The molecule has 0 N–H and O–H groups in total. The molecule has 0 aliphatic heterocycles. The zero-order valence-electron chi connectivity index (χ0n) is 21.7. The van der Waals surface area contributed by atoms with E-state index in [0.29, 0.717) is 0 Å². The Balaban J connectivity index is 1.89. The van der Waals surface area contributed by atoms with Crippen molar-refractivity contribution in [1.29, 1.82) is 0 Å². The fraction of sp³-hybridized carbons (Fsp3) is 0.400. The van der Waals surface area contributed by atoms with Gasteiger partial charge in [-0.3, -0.25) is 0 Å². The zero-order chi connectivity index (χ0) is 24.4. The summed E-state index contributed by atoms with van der Waals surface area (Å²) >= 11 is 0. The van der Waals surface area contributed by atoms with Gasteiger partial charge in [0.25, 0.3) is 0 Å². The summed E-state index contributed by atoms with van der Waals surface area (Å²) in [7, 11) is -1.33. The molecule has 0 bridgehead atoms. The topological polar surface area (TPSA) is 18.5 Å². The van der Waals surface area contributed by atoms with Crippen LogP contribution in [0.5, 0.6) is 11.5 Å². The summed E-state index contributed by atoms with van der Waals surface area (Å²) in [5, 5.41) is 1.05. The molecule has 2 nitrogen and oxygen atoms in total. The molecule has 33 heavy (non-hydrogen) atoms. The van der Waals surface area contributed by atoms with E-state index in [9.17, 15) is 0 Å². The van der Waals surface area contributed by atoms with Crippen molar-refractivity contribution in [2.24, 2.45) is 0 Å². The first-order valence-corrected chi connectivity index (χ1v) is 12.9. The second-order valence-corrected chi connectivity index (χ2v) is 13.2. The number of hydrogen-bond acceptors (Lipinski definition) is 2. The van der Waals surface area contributed by atoms with Crippen LogP contribution in [0.15, 0.2) is 72.8 Å². The van der Waals surface area contributed by atoms with Gasteiger partial charge in [-0.25, -0.2) is 0 Å². The van der Waals surface area contributed by atoms with Crippen LogP contribution in [-0.4, -0.2) is 0 Å². The van der Waals surface area contributed by atoms with Crippen LogP contribution in [0.3, 0.4) is 0 Å². The van der Waals surface area contributed by atoms with Gasteiger partial charge in [0.05, 0.1) is 5.30 Å². The molecule has 0 saturated carbocycles. The molecule has 0 aliphatic rings. The average molecular weight is 463 g/mol. The number of hydrogen-bond donors (Lipinski definition) is 0. The Labute approximate surface area is 202 Å². The van der Waals surface area contributed by atoms with Crippen molar-refractivity contribution in [3.05, 3.63) is 89.5 Å². The molecule has 0 heterocycles. The molecule has 0 saturated heterocycles. The van der Waals surface area contributed by atoms with Crippen molar-refractivity contribution in [2.45, 2.75) is 78.6 Å². The van der Waals surface area contributed by atoms with Crippen molar-refractivity contribution in [2.75, 3.05) is 0 Å². The Morgan fingerprint density at radius 3 is 0.970 bits per heavy atom. The van der Waals surface area contributed by atoms with E-state index in [1.54, 1.807) is 0 Å². The van der Waals surface area contributed by atoms with E-state index in [4.69, 9.17) is 9.05 Å². The summed E-state index contributed by atoms with van der Waals surface area (Å²) in [6.07, 6.45) is 0. The van der Waals surface area contributed by atoms with Crippen LogP contribution in [0.4, 0.5) is 0 Å². The molecule has 0 unspecified atom stereocenters. The van der Waals surface area contributed by atoms with Gasteiger partial charge < -0.3 is 9.05 Å². The van der Waals surface area contributed by atoms with E-state index in [2.05, 4.69) is 111 Å². The molecule has 0 aromatic heterocycles. The predicted octanol–water partition coefficient (Wildman–Crippen LogP) is 8.67. The van der Waals surface area contributed by atoms with Crippen molar-refractivity contribution < 1.29 is 9.05 Å². The van der Waals surface area contributed by atoms with E-state index < -0.39 is 8.38 Å². The van der Waals surface area contributed by atoms with E-state index in [1.807, 2.05) is 24.3 Å². The van der Waals surface area contributed by atoms with E-state index in [-0.39, 0.29) is 16.2 Å². The largest absolute Gasteiger partial charge is 0.435 e. The Morgan fingerprint density at radius 2 is 0.697 bits per heavy atom. The lowest BCUT2D eigenvalue weighted by atomic mass is 9.87. The Hall–Kier alpha value is -2.31. The number of rotatable bonds is 5. The van der Waals surface area contributed by atoms with Crippen LogP contribution in [-0.2, 0) is 16.2 Å². The Kier molecular flexibility index (Phi) is 7.30. The molecular weight excluding hydrogens is 423 g/mol. The van der Waals surface area contributed by atoms with Crippen LogP contribution in [0.1, 0.15) is 79.0 Å². The summed E-state index contributed by atoms with van der Waals surface area (Å²) in [5.74, 6) is 1.64. The van der Waals surface area contributed by atoms with Crippen LogP contribution < -0.4 is 14.4 Å². The molecule has 3 aromatic rings. The predicted molar refractivity (Wildman–Crippen MR) is 143 cm³/mol. The minimum absolute atomic E-state index is 0.106. The molecule has 0 fully saturated rings. The first kappa shape index (κ1) is 25.3. The normalized spacial score (nSPS) is 12.7. The Bertz CT molecular complexity index is 970. The highest BCUT2D eigenvalue weighted by atomic mass is 31.2. The van der Waals surface area contributed by atoms with E-state index in [0.717, 1.165) is 16.8 Å². The van der Waals surface area contributed by atoms with Crippen LogP contribution >= 0.6 is 8.38 Å². The third kappa shape index (κ3) is 6.84. The molecule has 0 aliphatic carbocycles. The van der Waals surface area contributed by atoms with Crippen LogP contribution in [0, 0.1) is 0 Å². The fourth-order valence-corrected chi connectivity index (χ4v) is 4.70. The monoisotopic (exact) mass is 462 g/mol. The van der Waals surface area contributed by atoms with Crippen LogP contribution in [0.2, 0.25) is 0 Å². The summed E-state index contributed by atoms with van der Waals surface area (Å²) in [5.41, 5.74) is 4.19. The lowest BCUT2D eigenvalue weighted by Gasteiger charge is -2.23. The highest BCUT2D eigenvalue weighted by Gasteiger charge is 2.22. The van der Waals surface area contributed by atoms with Gasteiger partial charge in [-0.05, 0) is 69.3 Å². The maximum Gasteiger partial charge on any atom is 0.326 e. The SMILES string of the molecule is CC(C)(C)c1ccc(OP(Oc2ccc(C(C)(C)C)cc2)c2ccc(C(C)(C)C)cc2)cc1. The van der Waals surface area contributed by atoms with Gasteiger partial charge in [-0.2, -0.15) is 0 Å². The van der Waals surface area contributed by atoms with Gasteiger partial charge in [-0.15, -0.1) is 0 Å². The molecule has 0 amide bonds. The smallest absolute Gasteiger partial charge is 0.326 e. The molecule has 176 valence electrons. The standard InChI is InChI=1S/C30H39O2P/c1-28(2,3)22-10-16-25(17-11-22)31-33(27-20-14-24(15-21-27)30(7,8)9)32-26-18-12-23(13-19-26)29(4,5)6/h10-21H,1-9H3. The summed E-state index contributed by atoms with van der Waals surface area (Å²) in [6, 6.07) is 25.4. The van der Waals surface area contributed by atoms with Crippen molar-refractivity contribution in [3.8, 4) is 11.5 Å². The maximum absolute atomic E-state index is 6.44. The van der Waals surface area contributed by atoms with E-state index in [1.165, 1.54) is 16.7 Å². The second-order valence-electron chi connectivity index (χ2n) is 11.8. The number of benzene rings is 3. The lowest BCUT2D eigenvalue weighted by molar-refractivity contribution is 0.500. The van der Waals surface area contributed by atoms with Gasteiger partial charge in [0, 0.05) is 0 Å². The average Bonchev–Trinajstić information content (AvgIpc) is 2.72. The minimum Gasteiger partial charge on any atom is -0.435 e. The molecule has 3 heteroatoms. The zero-order valence-corrected chi connectivity index (χ0v) is 22.6. The van der Waals surface area contributed by atoms with Gasteiger partial charge in [0.2, 0.25) is 0 Å². The lowest BCUT2D eigenvalue weighted by Crippen LogP contribution is -2.15. The first-order valence-electron chi connectivity index (χ1n) is 11.7. The van der Waals surface area contributed by atoms with Crippen molar-refractivity contribution >= 4 is 13.7 Å². The van der Waals surface area contributed by atoms with Gasteiger partial charge in [0.15, 0.2) is 0 Å². The second kappa shape index (κ2) is 9.51. The molecule has 3 aromatic carbocycles. The van der Waals surface area contributed by atoms with Crippen LogP contribution in [0.25, 0.3) is 0 Å². The minimum atomic E-state index is -1.33. The molecule has 0 spiro atoms. The van der Waals surface area contributed by atoms with E-state index >= 15 is 0 Å². The van der Waals surface area contributed by atoms with Gasteiger partial charge >= 0.3 is 8.38 Å². The molecule has 0 atom stereocenters. The van der Waals surface area contributed by atoms with Gasteiger partial charge in [-0.1, -0.05) is 98.7 Å². The fourth-order valence-electron chi connectivity index (χ4n) is 3.43. The van der Waals surface area contributed by atoms with Gasteiger partial charge in [0.1, 0.15) is 11.5 Å². The van der Waals surface area contributed by atoms with Crippen molar-refractivity contribution in [1.82, 2.24) is 0 Å². The quantitative estimate of drug-likeness (QED) is 0.353. The summed E-state index contributed by atoms with van der Waals surface area (Å²) in [4.78, 5) is 0. The highest BCUT2D eigenvalue weighted by molar-refractivity contribution is 7.56. The molecule has 0 radical (unpaired) electrons. The maximum atomic E-state index is 6.44. The summed E-state index contributed by atoms with van der Waals surface area (Å²) < 4.78 is 12.9. The third-order valence-corrected chi connectivity index (χ3v) is 7.23. The van der Waals surface area contributed by atoms with Crippen molar-refractivity contribution in [3.63, 3.8) is 0 Å².